The number of aromatic nitrogens is 1. The van der Waals surface area contributed by atoms with Crippen molar-refractivity contribution < 1.29 is 0 Å². The summed E-state index contributed by atoms with van der Waals surface area (Å²) in [4.78, 5) is 7.99. The lowest BCUT2D eigenvalue weighted by Gasteiger charge is -2.05. The van der Waals surface area contributed by atoms with Gasteiger partial charge in [-0.05, 0) is 12.3 Å². The van der Waals surface area contributed by atoms with Gasteiger partial charge in [0.05, 0.1) is 5.69 Å². The molecule has 1 aromatic heterocycles. The van der Waals surface area contributed by atoms with Gasteiger partial charge in [0.25, 0.3) is 0 Å². The average Bonchev–Trinajstić information content (AvgIpc) is 2.48. The molecule has 1 heterocycles. The van der Waals surface area contributed by atoms with Gasteiger partial charge in [-0.25, -0.2) is 4.98 Å². The van der Waals surface area contributed by atoms with Crippen LogP contribution in [0.2, 0.25) is 0 Å². The van der Waals surface area contributed by atoms with Crippen LogP contribution in [0, 0.1) is 12.3 Å². The lowest BCUT2D eigenvalue weighted by molar-refractivity contribution is 0.600. The smallest absolute Gasteiger partial charge is 0.185 e. The van der Waals surface area contributed by atoms with Crippen molar-refractivity contribution in [3.05, 3.63) is 10.6 Å². The summed E-state index contributed by atoms with van der Waals surface area (Å²) in [6, 6.07) is 0.298. The predicted molar refractivity (Wildman–Crippen MR) is 65.7 cm³/mol. The zero-order valence-electron chi connectivity index (χ0n) is 10.0. The van der Waals surface area contributed by atoms with Crippen molar-refractivity contribution in [1.29, 1.82) is 0 Å². The molecule has 1 fully saturated rings. The van der Waals surface area contributed by atoms with Crippen LogP contribution >= 0.6 is 11.3 Å². The van der Waals surface area contributed by atoms with E-state index in [-0.39, 0.29) is 5.41 Å². The zero-order chi connectivity index (χ0) is 11.4. The molecule has 1 aliphatic rings. The highest BCUT2D eigenvalue weighted by Gasteiger charge is 2.57. The Balaban J connectivity index is 2.31. The maximum Gasteiger partial charge on any atom is 0.185 e. The average molecular weight is 225 g/mol. The highest BCUT2D eigenvalue weighted by molar-refractivity contribution is 7.15. The minimum absolute atomic E-state index is 0.251. The Morgan fingerprint density at radius 1 is 1.40 bits per heavy atom. The first-order valence-electron chi connectivity index (χ1n) is 5.26. The fraction of sp³-hybridized carbons (Fsp3) is 0.727. The first-order valence-corrected chi connectivity index (χ1v) is 6.07. The molecule has 0 aliphatic heterocycles. The van der Waals surface area contributed by atoms with Crippen molar-refractivity contribution in [1.82, 2.24) is 4.98 Å². The Labute approximate surface area is 95.3 Å². The monoisotopic (exact) mass is 225 g/mol. The summed E-state index contributed by atoms with van der Waals surface area (Å²) in [5.74, 6) is 0.503. The van der Waals surface area contributed by atoms with Crippen molar-refractivity contribution in [2.45, 2.75) is 32.7 Å². The Kier molecular flexibility index (Phi) is 2.32. The van der Waals surface area contributed by atoms with Crippen molar-refractivity contribution in [3.63, 3.8) is 0 Å². The van der Waals surface area contributed by atoms with Crippen molar-refractivity contribution in [3.8, 4) is 0 Å². The standard InChI is InChI=1S/C11H19N3S/c1-6-8(7-9(12)11(7,2)3)15-10(13-6)14(4)5/h7,9H,12H2,1-5H3/t7-,9-/m0/s1. The minimum atomic E-state index is 0.251. The Morgan fingerprint density at radius 3 is 2.27 bits per heavy atom. The SMILES string of the molecule is Cc1nc(N(C)C)sc1[C@H]1[C@H](N)C1(C)C. The molecule has 0 radical (unpaired) electrons. The van der Waals surface area contributed by atoms with Crippen LogP contribution in [0.15, 0.2) is 0 Å². The van der Waals surface area contributed by atoms with Gasteiger partial charge in [-0.15, -0.1) is 11.3 Å². The van der Waals surface area contributed by atoms with Gasteiger partial charge in [0.1, 0.15) is 0 Å². The van der Waals surface area contributed by atoms with Crippen molar-refractivity contribution in [2.75, 3.05) is 19.0 Å². The van der Waals surface area contributed by atoms with Gasteiger partial charge in [-0.2, -0.15) is 0 Å². The number of hydrogen-bond acceptors (Lipinski definition) is 4. The molecule has 15 heavy (non-hydrogen) atoms. The topological polar surface area (TPSA) is 42.2 Å². The number of hydrogen-bond donors (Lipinski definition) is 1. The van der Waals surface area contributed by atoms with E-state index in [0.29, 0.717) is 12.0 Å². The number of anilines is 1. The lowest BCUT2D eigenvalue weighted by Crippen LogP contribution is -2.07. The molecule has 0 saturated heterocycles. The molecule has 0 unspecified atom stereocenters. The van der Waals surface area contributed by atoms with E-state index in [1.165, 1.54) is 4.88 Å². The molecule has 0 aromatic carbocycles. The van der Waals surface area contributed by atoms with E-state index in [1.54, 1.807) is 11.3 Å². The summed E-state index contributed by atoms with van der Waals surface area (Å²) in [5, 5.41) is 1.08. The van der Waals surface area contributed by atoms with Crippen LogP contribution in [-0.2, 0) is 0 Å². The number of thiazole rings is 1. The van der Waals surface area contributed by atoms with E-state index in [0.717, 1.165) is 10.8 Å². The zero-order valence-corrected chi connectivity index (χ0v) is 10.9. The van der Waals surface area contributed by atoms with Crippen LogP contribution in [0.3, 0.4) is 0 Å². The summed E-state index contributed by atoms with van der Waals surface area (Å²) < 4.78 is 0. The second-order valence-corrected chi connectivity index (χ2v) is 6.17. The van der Waals surface area contributed by atoms with Gasteiger partial charge in [-0.3, -0.25) is 0 Å². The third-order valence-electron chi connectivity index (χ3n) is 3.40. The number of nitrogens with zero attached hydrogens (tertiary/aromatic N) is 2. The largest absolute Gasteiger partial charge is 0.354 e. The van der Waals surface area contributed by atoms with Crippen molar-refractivity contribution in [2.24, 2.45) is 11.1 Å². The molecule has 0 bridgehead atoms. The molecule has 1 aliphatic carbocycles. The molecule has 2 rings (SSSR count). The van der Waals surface area contributed by atoms with E-state index in [9.17, 15) is 0 Å². The highest BCUT2D eigenvalue weighted by atomic mass is 32.1. The van der Waals surface area contributed by atoms with Crippen LogP contribution < -0.4 is 10.6 Å². The van der Waals surface area contributed by atoms with Gasteiger partial charge < -0.3 is 10.6 Å². The third-order valence-corrected chi connectivity index (χ3v) is 4.81. The molecule has 1 aromatic rings. The molecule has 3 nitrogen and oxygen atoms in total. The lowest BCUT2D eigenvalue weighted by atomic mass is 10.1. The summed E-state index contributed by atoms with van der Waals surface area (Å²) in [6.45, 7) is 6.55. The molecule has 4 heteroatoms. The van der Waals surface area contributed by atoms with Crippen LogP contribution in [0.4, 0.5) is 5.13 Å². The second kappa shape index (κ2) is 3.19. The molecule has 0 spiro atoms. The van der Waals surface area contributed by atoms with Crippen LogP contribution in [0.25, 0.3) is 0 Å². The maximum atomic E-state index is 6.10. The predicted octanol–water partition coefficient (Wildman–Crippen LogP) is 1.97. The number of rotatable bonds is 2. The summed E-state index contributed by atoms with van der Waals surface area (Å²) in [5.41, 5.74) is 7.49. The van der Waals surface area contributed by atoms with Gasteiger partial charge in [0.15, 0.2) is 5.13 Å². The first-order chi connectivity index (χ1) is 6.85. The Bertz CT molecular complexity index is 381. The van der Waals surface area contributed by atoms with Gasteiger partial charge >= 0.3 is 0 Å². The molecular weight excluding hydrogens is 206 g/mol. The molecule has 2 N–H and O–H groups in total. The van der Waals surface area contributed by atoms with Crippen LogP contribution in [0.1, 0.15) is 30.3 Å². The number of nitrogens with two attached hydrogens (primary N) is 1. The highest BCUT2D eigenvalue weighted by Crippen LogP contribution is 2.59. The minimum Gasteiger partial charge on any atom is -0.354 e. The van der Waals surface area contributed by atoms with Gasteiger partial charge in [0, 0.05) is 30.9 Å². The normalized spacial score (nSPS) is 27.9. The van der Waals surface area contributed by atoms with E-state index in [2.05, 4.69) is 30.7 Å². The third kappa shape index (κ3) is 1.56. The fourth-order valence-corrected chi connectivity index (χ4v) is 3.38. The van der Waals surface area contributed by atoms with E-state index in [1.807, 2.05) is 14.1 Å². The molecule has 2 atom stereocenters. The Hall–Kier alpha value is -0.610. The quantitative estimate of drug-likeness (QED) is 0.836. The Morgan fingerprint density at radius 2 is 1.93 bits per heavy atom. The number of aryl methyl sites for hydroxylation is 1. The second-order valence-electron chi connectivity index (χ2n) is 5.17. The van der Waals surface area contributed by atoms with E-state index >= 15 is 0 Å². The van der Waals surface area contributed by atoms with Crippen LogP contribution in [-0.4, -0.2) is 25.1 Å². The molecule has 84 valence electrons. The summed E-state index contributed by atoms with van der Waals surface area (Å²) in [6.07, 6.45) is 0. The van der Waals surface area contributed by atoms with Crippen molar-refractivity contribution >= 4 is 16.5 Å². The van der Waals surface area contributed by atoms with Crippen LogP contribution in [0.5, 0.6) is 0 Å². The summed E-state index contributed by atoms with van der Waals surface area (Å²) in [7, 11) is 4.06. The van der Waals surface area contributed by atoms with Gasteiger partial charge in [0.2, 0.25) is 0 Å². The summed E-state index contributed by atoms with van der Waals surface area (Å²) >= 11 is 1.78. The molecule has 0 amide bonds. The molecule has 1 saturated carbocycles. The van der Waals surface area contributed by atoms with E-state index in [4.69, 9.17) is 5.73 Å². The fourth-order valence-electron chi connectivity index (χ4n) is 2.05. The van der Waals surface area contributed by atoms with Gasteiger partial charge in [-0.1, -0.05) is 13.8 Å². The van der Waals surface area contributed by atoms with E-state index < -0.39 is 0 Å². The molecular formula is C11H19N3S. The maximum absolute atomic E-state index is 6.10. The first kappa shape index (κ1) is 10.9.